The van der Waals surface area contributed by atoms with E-state index in [1.54, 1.807) is 6.21 Å². The van der Waals surface area contributed by atoms with Gasteiger partial charge in [-0.2, -0.15) is 15.2 Å². The van der Waals surface area contributed by atoms with Crippen molar-refractivity contribution in [2.75, 3.05) is 5.43 Å². The molecule has 3 aromatic rings. The lowest BCUT2D eigenvalue weighted by atomic mass is 9.92. The van der Waals surface area contributed by atoms with E-state index in [0.717, 1.165) is 11.1 Å². The molecule has 0 saturated heterocycles. The molecule has 0 unspecified atom stereocenters. The number of rotatable bonds is 6. The van der Waals surface area contributed by atoms with Crippen molar-refractivity contribution in [1.82, 2.24) is 15.2 Å². The minimum absolute atomic E-state index is 0.301. The molecule has 0 aliphatic rings. The molecule has 2 aromatic carbocycles. The van der Waals surface area contributed by atoms with E-state index in [4.69, 9.17) is 4.74 Å². The number of para-hydroxylation sites is 1. The van der Waals surface area contributed by atoms with E-state index >= 15 is 0 Å². The molecule has 0 bridgehead atoms. The summed E-state index contributed by atoms with van der Waals surface area (Å²) in [7, 11) is 0. The zero-order chi connectivity index (χ0) is 20.9. The van der Waals surface area contributed by atoms with Crippen LogP contribution in [0.15, 0.2) is 58.4 Å². The van der Waals surface area contributed by atoms with Crippen LogP contribution in [0.1, 0.15) is 43.2 Å². The molecular formula is C22H25N5O2. The number of benzene rings is 2. The number of hydrogen-bond acceptors (Lipinski definition) is 6. The molecule has 1 heterocycles. The van der Waals surface area contributed by atoms with E-state index in [2.05, 4.69) is 44.8 Å². The molecule has 0 spiro atoms. The Bertz CT molecular complexity index is 1050. The third-order valence-corrected chi connectivity index (χ3v) is 4.22. The van der Waals surface area contributed by atoms with E-state index in [0.29, 0.717) is 23.9 Å². The number of H-pyrrole nitrogens is 1. The van der Waals surface area contributed by atoms with Crippen LogP contribution in [0.5, 0.6) is 5.75 Å². The molecule has 1 aromatic heterocycles. The third-order valence-electron chi connectivity index (χ3n) is 4.22. The molecule has 7 heteroatoms. The predicted molar refractivity (Wildman–Crippen MR) is 115 cm³/mol. The van der Waals surface area contributed by atoms with Crippen LogP contribution < -0.4 is 15.9 Å². The van der Waals surface area contributed by atoms with Crippen molar-refractivity contribution < 1.29 is 4.74 Å². The third kappa shape index (κ3) is 5.51. The fourth-order valence-corrected chi connectivity index (χ4v) is 2.66. The lowest BCUT2D eigenvalue weighted by molar-refractivity contribution is 0.306. The number of aromatic amines is 1. The summed E-state index contributed by atoms with van der Waals surface area (Å²) in [6.45, 7) is 8.47. The van der Waals surface area contributed by atoms with Gasteiger partial charge in [0.15, 0.2) is 5.82 Å². The Labute approximate surface area is 169 Å². The summed E-state index contributed by atoms with van der Waals surface area (Å²) in [5, 5.41) is 10.7. The van der Waals surface area contributed by atoms with E-state index in [1.807, 2.05) is 57.2 Å². The molecule has 7 nitrogen and oxygen atoms in total. The maximum absolute atomic E-state index is 11.6. The van der Waals surface area contributed by atoms with Gasteiger partial charge in [-0.15, -0.1) is 0 Å². The molecule has 0 aliphatic heterocycles. The van der Waals surface area contributed by atoms with Gasteiger partial charge in [-0.05, 0) is 24.6 Å². The maximum atomic E-state index is 11.6. The van der Waals surface area contributed by atoms with Crippen LogP contribution in [-0.2, 0) is 12.0 Å². The van der Waals surface area contributed by atoms with Crippen molar-refractivity contribution in [3.8, 4) is 5.75 Å². The number of hydrazone groups is 1. The number of hydrogen-bond donors (Lipinski definition) is 2. The summed E-state index contributed by atoms with van der Waals surface area (Å²) in [4.78, 5) is 15.5. The van der Waals surface area contributed by atoms with Gasteiger partial charge >= 0.3 is 5.69 Å². The zero-order valence-electron chi connectivity index (χ0n) is 17.1. The van der Waals surface area contributed by atoms with Gasteiger partial charge in [-0.25, -0.2) is 9.89 Å². The second-order valence-corrected chi connectivity index (χ2v) is 7.77. The van der Waals surface area contributed by atoms with Gasteiger partial charge in [0, 0.05) is 11.0 Å². The first-order valence-corrected chi connectivity index (χ1v) is 9.36. The maximum Gasteiger partial charge on any atom is 0.363 e. The Kier molecular flexibility index (Phi) is 6.07. The average Bonchev–Trinajstić information content (AvgIpc) is 2.67. The molecule has 29 heavy (non-hydrogen) atoms. The van der Waals surface area contributed by atoms with Crippen LogP contribution in [0.3, 0.4) is 0 Å². The fourth-order valence-electron chi connectivity index (χ4n) is 2.66. The summed E-state index contributed by atoms with van der Waals surface area (Å²) in [5.74, 6) is 1.04. The Hall–Kier alpha value is -3.48. The summed E-state index contributed by atoms with van der Waals surface area (Å²) >= 11 is 0. The van der Waals surface area contributed by atoms with Crippen molar-refractivity contribution in [2.24, 2.45) is 5.10 Å². The molecule has 0 atom stereocenters. The summed E-state index contributed by atoms with van der Waals surface area (Å²) in [5.41, 5.74) is 5.74. The molecule has 0 aliphatic carbocycles. The summed E-state index contributed by atoms with van der Waals surface area (Å²) in [6.07, 6.45) is 1.64. The SMILES string of the molecule is Cc1ccc(COc2ccccc2/C=N/Nc2nc(=O)[nH]nc2C(C)(C)C)cc1. The molecule has 0 fully saturated rings. The number of nitrogens with one attached hydrogen (secondary N) is 2. The number of aryl methyl sites for hydroxylation is 1. The second-order valence-electron chi connectivity index (χ2n) is 7.77. The van der Waals surface area contributed by atoms with Gasteiger partial charge in [-0.3, -0.25) is 5.43 Å². The standard InChI is InChI=1S/C22H25N5O2/c1-15-9-11-16(12-10-15)14-29-18-8-6-5-7-17(18)13-23-26-20-19(22(2,3)4)25-27-21(28)24-20/h5-13H,14H2,1-4H3,(H2,24,26,27,28)/b23-13+. The van der Waals surface area contributed by atoms with E-state index < -0.39 is 5.69 Å². The minimum Gasteiger partial charge on any atom is -0.488 e. The van der Waals surface area contributed by atoms with Crippen LogP contribution in [0.2, 0.25) is 0 Å². The zero-order valence-corrected chi connectivity index (χ0v) is 17.1. The van der Waals surface area contributed by atoms with Crippen LogP contribution in [0.25, 0.3) is 0 Å². The van der Waals surface area contributed by atoms with Crippen molar-refractivity contribution in [3.05, 3.63) is 81.4 Å². The highest BCUT2D eigenvalue weighted by Crippen LogP contribution is 2.24. The van der Waals surface area contributed by atoms with Crippen LogP contribution >= 0.6 is 0 Å². The van der Waals surface area contributed by atoms with Crippen LogP contribution in [-0.4, -0.2) is 21.4 Å². The van der Waals surface area contributed by atoms with E-state index in [-0.39, 0.29) is 5.41 Å². The largest absolute Gasteiger partial charge is 0.488 e. The first kappa shape index (κ1) is 20.3. The van der Waals surface area contributed by atoms with Crippen molar-refractivity contribution in [3.63, 3.8) is 0 Å². The molecule has 0 radical (unpaired) electrons. The molecule has 150 valence electrons. The Morgan fingerprint density at radius 1 is 1.14 bits per heavy atom. The van der Waals surface area contributed by atoms with Gasteiger partial charge in [0.2, 0.25) is 0 Å². The average molecular weight is 391 g/mol. The summed E-state index contributed by atoms with van der Waals surface area (Å²) in [6, 6.07) is 15.8. The quantitative estimate of drug-likeness (QED) is 0.493. The van der Waals surface area contributed by atoms with Gasteiger partial charge < -0.3 is 4.74 Å². The van der Waals surface area contributed by atoms with Gasteiger partial charge in [0.05, 0.1) is 6.21 Å². The van der Waals surface area contributed by atoms with Crippen molar-refractivity contribution in [2.45, 2.75) is 39.7 Å². The molecule has 2 N–H and O–H groups in total. The highest BCUT2D eigenvalue weighted by Gasteiger charge is 2.21. The van der Waals surface area contributed by atoms with Gasteiger partial charge in [0.1, 0.15) is 18.1 Å². The Balaban J connectivity index is 1.74. The highest BCUT2D eigenvalue weighted by molar-refractivity contribution is 5.83. The van der Waals surface area contributed by atoms with Gasteiger partial charge in [-0.1, -0.05) is 62.7 Å². The molecule has 0 amide bonds. The summed E-state index contributed by atoms with van der Waals surface area (Å²) < 4.78 is 5.96. The van der Waals surface area contributed by atoms with Crippen molar-refractivity contribution in [1.29, 1.82) is 0 Å². The lowest BCUT2D eigenvalue weighted by Gasteiger charge is -2.18. The van der Waals surface area contributed by atoms with Crippen molar-refractivity contribution >= 4 is 12.0 Å². The normalized spacial score (nSPS) is 11.6. The lowest BCUT2D eigenvalue weighted by Crippen LogP contribution is -2.24. The predicted octanol–water partition coefficient (Wildman–Crippen LogP) is 3.80. The smallest absolute Gasteiger partial charge is 0.363 e. The topological polar surface area (TPSA) is 92.3 Å². The second kappa shape index (κ2) is 8.68. The minimum atomic E-state index is -0.530. The Morgan fingerprint density at radius 3 is 2.59 bits per heavy atom. The first-order valence-electron chi connectivity index (χ1n) is 9.36. The number of nitrogens with zero attached hydrogens (tertiary/aromatic N) is 3. The fraction of sp³-hybridized carbons (Fsp3) is 0.273. The monoisotopic (exact) mass is 391 g/mol. The van der Waals surface area contributed by atoms with E-state index in [9.17, 15) is 4.79 Å². The van der Waals surface area contributed by atoms with Crippen LogP contribution in [0.4, 0.5) is 5.82 Å². The highest BCUT2D eigenvalue weighted by atomic mass is 16.5. The Morgan fingerprint density at radius 2 is 1.86 bits per heavy atom. The molecule has 3 rings (SSSR count). The first-order chi connectivity index (χ1) is 13.8. The number of ether oxygens (including phenoxy) is 1. The van der Waals surface area contributed by atoms with E-state index in [1.165, 1.54) is 5.56 Å². The van der Waals surface area contributed by atoms with Gasteiger partial charge in [0.25, 0.3) is 0 Å². The molecular weight excluding hydrogens is 366 g/mol. The number of anilines is 1. The van der Waals surface area contributed by atoms with Crippen LogP contribution in [0, 0.1) is 6.92 Å². The number of aromatic nitrogens is 3. The molecule has 0 saturated carbocycles.